The van der Waals surface area contributed by atoms with E-state index in [4.69, 9.17) is 0 Å². The van der Waals surface area contributed by atoms with E-state index in [9.17, 15) is 4.79 Å². The van der Waals surface area contributed by atoms with Gasteiger partial charge in [-0.3, -0.25) is 4.79 Å². The predicted molar refractivity (Wildman–Crippen MR) is 52.8 cm³/mol. The van der Waals surface area contributed by atoms with Gasteiger partial charge in [-0.1, -0.05) is 0 Å². The zero-order valence-corrected chi connectivity index (χ0v) is 7.69. The van der Waals surface area contributed by atoms with E-state index in [-0.39, 0.29) is 5.56 Å². The molecule has 0 saturated carbocycles. The maximum atomic E-state index is 10.8. The highest BCUT2D eigenvalue weighted by atomic mass is 16.1. The Hall–Kier alpha value is -1.97. The van der Waals surface area contributed by atoms with Crippen LogP contribution in [-0.2, 0) is 0 Å². The van der Waals surface area contributed by atoms with E-state index in [0.717, 1.165) is 17.0 Å². The first-order valence-electron chi connectivity index (χ1n) is 4.25. The summed E-state index contributed by atoms with van der Waals surface area (Å²) in [6.45, 7) is 1.88. The minimum absolute atomic E-state index is 0.117. The molecule has 1 N–H and O–H groups in total. The largest absolute Gasteiger partial charge is 0.328 e. The number of rotatable bonds is 1. The Labute approximate surface area is 80.6 Å². The summed E-state index contributed by atoms with van der Waals surface area (Å²) in [5.74, 6) is 0. The molecule has 2 aromatic heterocycles. The fourth-order valence-corrected chi connectivity index (χ4v) is 1.12. The predicted octanol–water partition coefficient (Wildman–Crippen LogP) is 1.14. The zero-order chi connectivity index (χ0) is 9.97. The molecule has 0 bridgehead atoms. The summed E-state index contributed by atoms with van der Waals surface area (Å²) in [6.07, 6.45) is 1.63. The van der Waals surface area contributed by atoms with Crippen LogP contribution in [0.25, 0.3) is 11.3 Å². The van der Waals surface area contributed by atoms with Crippen LogP contribution in [-0.4, -0.2) is 15.2 Å². The number of pyridine rings is 1. The first kappa shape index (κ1) is 8.62. The summed E-state index contributed by atoms with van der Waals surface area (Å²) in [5, 5.41) is 7.94. The van der Waals surface area contributed by atoms with Crippen LogP contribution in [0.15, 0.2) is 35.3 Å². The van der Waals surface area contributed by atoms with E-state index in [1.165, 1.54) is 6.07 Å². The van der Waals surface area contributed by atoms with E-state index in [0.29, 0.717) is 0 Å². The molecular formula is C10H9N3O. The smallest absolute Gasteiger partial charge is 0.247 e. The third kappa shape index (κ3) is 1.69. The van der Waals surface area contributed by atoms with Crippen LogP contribution in [0.5, 0.6) is 0 Å². The Morgan fingerprint density at radius 1 is 1.14 bits per heavy atom. The lowest BCUT2D eigenvalue weighted by atomic mass is 10.2. The third-order valence-corrected chi connectivity index (χ3v) is 1.88. The summed E-state index contributed by atoms with van der Waals surface area (Å²) in [5.41, 5.74) is 2.37. The monoisotopic (exact) mass is 187 g/mol. The lowest BCUT2D eigenvalue weighted by Gasteiger charge is -1.98. The molecule has 0 fully saturated rings. The van der Waals surface area contributed by atoms with Crippen LogP contribution in [0.4, 0.5) is 0 Å². The van der Waals surface area contributed by atoms with Crippen LogP contribution in [0.3, 0.4) is 0 Å². The van der Waals surface area contributed by atoms with Gasteiger partial charge in [0.05, 0.1) is 11.4 Å². The molecule has 0 amide bonds. The van der Waals surface area contributed by atoms with Crippen molar-refractivity contribution < 1.29 is 0 Å². The SMILES string of the molecule is Cc1ccc(-c2ccc(=O)[nH]c2)nn1. The first-order chi connectivity index (χ1) is 6.75. The van der Waals surface area contributed by atoms with Crippen molar-refractivity contribution >= 4 is 0 Å². The van der Waals surface area contributed by atoms with E-state index < -0.39 is 0 Å². The second-order valence-electron chi connectivity index (χ2n) is 3.00. The Bertz CT molecular complexity index is 467. The highest BCUT2D eigenvalue weighted by molar-refractivity contribution is 5.56. The molecule has 0 aliphatic carbocycles. The van der Waals surface area contributed by atoms with Crippen molar-refractivity contribution in [2.24, 2.45) is 0 Å². The molecule has 0 aliphatic rings. The summed E-state index contributed by atoms with van der Waals surface area (Å²) < 4.78 is 0. The zero-order valence-electron chi connectivity index (χ0n) is 7.69. The third-order valence-electron chi connectivity index (χ3n) is 1.88. The highest BCUT2D eigenvalue weighted by Crippen LogP contribution is 2.12. The summed E-state index contributed by atoms with van der Waals surface area (Å²) in [7, 11) is 0. The van der Waals surface area contributed by atoms with E-state index in [1.807, 2.05) is 19.1 Å². The van der Waals surface area contributed by atoms with Crippen molar-refractivity contribution in [3.05, 3.63) is 46.5 Å². The fraction of sp³-hybridized carbons (Fsp3) is 0.100. The molecule has 0 aliphatic heterocycles. The average Bonchev–Trinajstić information content (AvgIpc) is 2.21. The van der Waals surface area contributed by atoms with Crippen LogP contribution in [0.1, 0.15) is 5.69 Å². The van der Waals surface area contributed by atoms with Crippen molar-refractivity contribution in [3.63, 3.8) is 0 Å². The number of nitrogens with zero attached hydrogens (tertiary/aromatic N) is 2. The Kier molecular flexibility index (Phi) is 2.10. The van der Waals surface area contributed by atoms with Gasteiger partial charge in [-0.05, 0) is 25.1 Å². The quantitative estimate of drug-likeness (QED) is 0.728. The van der Waals surface area contributed by atoms with Crippen molar-refractivity contribution in [2.45, 2.75) is 6.92 Å². The number of aromatic nitrogens is 3. The summed E-state index contributed by atoms with van der Waals surface area (Å²) in [6, 6.07) is 6.94. The average molecular weight is 187 g/mol. The van der Waals surface area contributed by atoms with Crippen LogP contribution < -0.4 is 5.56 Å². The fourth-order valence-electron chi connectivity index (χ4n) is 1.12. The molecular weight excluding hydrogens is 178 g/mol. The van der Waals surface area contributed by atoms with Gasteiger partial charge in [0, 0.05) is 17.8 Å². The molecule has 0 saturated heterocycles. The van der Waals surface area contributed by atoms with Crippen molar-refractivity contribution in [2.75, 3.05) is 0 Å². The summed E-state index contributed by atoms with van der Waals surface area (Å²) >= 11 is 0. The minimum atomic E-state index is -0.117. The van der Waals surface area contributed by atoms with Gasteiger partial charge in [0.1, 0.15) is 0 Å². The lowest BCUT2D eigenvalue weighted by molar-refractivity contribution is 0.985. The second kappa shape index (κ2) is 3.41. The second-order valence-corrected chi connectivity index (χ2v) is 3.00. The molecule has 2 rings (SSSR count). The number of nitrogens with one attached hydrogen (secondary N) is 1. The lowest BCUT2D eigenvalue weighted by Crippen LogP contribution is -2.02. The molecule has 2 aromatic rings. The molecule has 70 valence electrons. The first-order valence-corrected chi connectivity index (χ1v) is 4.25. The minimum Gasteiger partial charge on any atom is -0.328 e. The number of aromatic amines is 1. The van der Waals surface area contributed by atoms with Gasteiger partial charge < -0.3 is 4.98 Å². The molecule has 0 unspecified atom stereocenters. The van der Waals surface area contributed by atoms with Gasteiger partial charge in [0.2, 0.25) is 5.56 Å². The van der Waals surface area contributed by atoms with Crippen LogP contribution in [0.2, 0.25) is 0 Å². The number of aryl methyl sites for hydroxylation is 1. The van der Waals surface area contributed by atoms with Crippen molar-refractivity contribution in [1.29, 1.82) is 0 Å². The molecule has 4 heteroatoms. The molecule has 2 heterocycles. The highest BCUT2D eigenvalue weighted by Gasteiger charge is 1.98. The van der Waals surface area contributed by atoms with E-state index in [1.54, 1.807) is 12.3 Å². The van der Waals surface area contributed by atoms with Crippen LogP contribution in [0, 0.1) is 6.92 Å². The maximum absolute atomic E-state index is 10.8. The molecule has 14 heavy (non-hydrogen) atoms. The van der Waals surface area contributed by atoms with E-state index in [2.05, 4.69) is 15.2 Å². The van der Waals surface area contributed by atoms with Crippen molar-refractivity contribution in [1.82, 2.24) is 15.2 Å². The topological polar surface area (TPSA) is 58.6 Å². The van der Waals surface area contributed by atoms with Gasteiger partial charge >= 0.3 is 0 Å². The van der Waals surface area contributed by atoms with Gasteiger partial charge in [-0.2, -0.15) is 10.2 Å². The summed E-state index contributed by atoms with van der Waals surface area (Å²) in [4.78, 5) is 13.4. The standard InChI is InChI=1S/C10H9N3O/c1-7-2-4-9(13-12-7)8-3-5-10(14)11-6-8/h2-6H,1H3,(H,11,14). The molecule has 0 radical (unpaired) electrons. The molecule has 0 spiro atoms. The normalized spacial score (nSPS) is 10.1. The van der Waals surface area contributed by atoms with E-state index >= 15 is 0 Å². The maximum Gasteiger partial charge on any atom is 0.247 e. The Morgan fingerprint density at radius 3 is 2.57 bits per heavy atom. The number of hydrogen-bond donors (Lipinski definition) is 1. The van der Waals surface area contributed by atoms with Gasteiger partial charge in [0.25, 0.3) is 0 Å². The molecule has 0 atom stereocenters. The van der Waals surface area contributed by atoms with Crippen molar-refractivity contribution in [3.8, 4) is 11.3 Å². The van der Waals surface area contributed by atoms with Gasteiger partial charge in [0.15, 0.2) is 0 Å². The van der Waals surface area contributed by atoms with Gasteiger partial charge in [-0.25, -0.2) is 0 Å². The molecule has 0 aromatic carbocycles. The molecule has 4 nitrogen and oxygen atoms in total. The number of hydrogen-bond acceptors (Lipinski definition) is 3. The van der Waals surface area contributed by atoms with Crippen LogP contribution >= 0.6 is 0 Å². The Balaban J connectivity index is 2.44. The Morgan fingerprint density at radius 2 is 2.00 bits per heavy atom. The van der Waals surface area contributed by atoms with Gasteiger partial charge in [-0.15, -0.1) is 0 Å². The number of H-pyrrole nitrogens is 1.